The zero-order valence-electron chi connectivity index (χ0n) is 19.0. The molecular weight excluding hydrogens is 358 g/mol. The second-order valence-electron chi connectivity index (χ2n) is 5.87. The number of rotatable bonds is 13. The van der Waals surface area contributed by atoms with E-state index in [4.69, 9.17) is 22.9 Å². The third-order valence-corrected chi connectivity index (χ3v) is 3.51. The fraction of sp³-hybridized carbons (Fsp3) is 0.750. The second-order valence-corrected chi connectivity index (χ2v) is 5.87. The molecule has 0 heterocycles. The Kier molecular flexibility index (Phi) is 22.4. The van der Waals surface area contributed by atoms with Gasteiger partial charge in [-0.15, -0.1) is 0 Å². The van der Waals surface area contributed by atoms with Crippen molar-refractivity contribution >= 4 is 23.9 Å². The Bertz CT molecular complexity index is 451. The van der Waals surface area contributed by atoms with E-state index in [1.807, 2.05) is 0 Å². The van der Waals surface area contributed by atoms with Crippen LogP contribution in [0.5, 0.6) is 0 Å². The van der Waals surface area contributed by atoms with Crippen LogP contribution in [0.25, 0.3) is 0 Å². The van der Waals surface area contributed by atoms with E-state index in [0.717, 1.165) is 0 Å². The Morgan fingerprint density at radius 2 is 1.00 bits per heavy atom. The van der Waals surface area contributed by atoms with Gasteiger partial charge in [0.15, 0.2) is 0 Å². The van der Waals surface area contributed by atoms with E-state index in [1.54, 1.807) is 0 Å². The van der Waals surface area contributed by atoms with Crippen molar-refractivity contribution in [2.45, 2.75) is 63.5 Å². The normalized spacial score (nSPS) is 12.0. The SMILES string of the molecule is NCCCC[C@H](N)C(=O)OC(=O)CCC(=O)OC(=O)[C@@H](N)CCCCN.[H-].[H-].[Li+].[Li+]. The summed E-state index contributed by atoms with van der Waals surface area (Å²) in [5.41, 5.74) is 21.8. The molecule has 0 unspecified atom stereocenters. The smallest absolute Gasteiger partial charge is 1.00 e. The molecule has 12 heteroatoms. The Morgan fingerprint density at radius 3 is 1.29 bits per heavy atom. The maximum absolute atomic E-state index is 11.6. The Balaban J connectivity index is -0.000000521. The Labute approximate surface area is 192 Å². The van der Waals surface area contributed by atoms with Crippen LogP contribution in [0.15, 0.2) is 0 Å². The largest absolute Gasteiger partial charge is 1.00 e. The van der Waals surface area contributed by atoms with Crippen LogP contribution in [0.2, 0.25) is 0 Å². The van der Waals surface area contributed by atoms with Crippen LogP contribution < -0.4 is 60.7 Å². The molecule has 0 amide bonds. The molecule has 0 aromatic carbocycles. The van der Waals surface area contributed by atoms with Crippen molar-refractivity contribution in [2.75, 3.05) is 13.1 Å². The minimum atomic E-state index is -0.925. The molecule has 8 N–H and O–H groups in total. The molecule has 0 aliphatic rings. The van der Waals surface area contributed by atoms with Gasteiger partial charge in [0.25, 0.3) is 0 Å². The van der Waals surface area contributed by atoms with Gasteiger partial charge in [0.05, 0.1) is 12.8 Å². The predicted octanol–water partition coefficient (Wildman–Crippen LogP) is -6.95. The summed E-state index contributed by atoms with van der Waals surface area (Å²) in [5, 5.41) is 0. The minimum Gasteiger partial charge on any atom is -1.00 e. The summed E-state index contributed by atoms with van der Waals surface area (Å²) >= 11 is 0. The van der Waals surface area contributed by atoms with E-state index in [-0.39, 0.29) is 40.6 Å². The van der Waals surface area contributed by atoms with Crippen LogP contribution in [0, 0.1) is 0 Å². The van der Waals surface area contributed by atoms with Crippen LogP contribution in [0.1, 0.15) is 54.2 Å². The second kappa shape index (κ2) is 19.6. The molecular formula is C16H32Li2N4O6. The van der Waals surface area contributed by atoms with Gasteiger partial charge in [-0.1, -0.05) is 12.8 Å². The number of unbranched alkanes of at least 4 members (excludes halogenated alkanes) is 2. The van der Waals surface area contributed by atoms with E-state index in [0.29, 0.717) is 51.6 Å². The molecule has 0 saturated heterocycles. The van der Waals surface area contributed by atoms with Crippen molar-refractivity contribution in [2.24, 2.45) is 22.9 Å². The van der Waals surface area contributed by atoms with Gasteiger partial charge in [0.2, 0.25) is 0 Å². The van der Waals surface area contributed by atoms with Gasteiger partial charge in [0.1, 0.15) is 12.1 Å². The van der Waals surface area contributed by atoms with Gasteiger partial charge in [0, 0.05) is 0 Å². The zero-order valence-corrected chi connectivity index (χ0v) is 17.0. The molecule has 0 aromatic rings. The maximum Gasteiger partial charge on any atom is 1.00 e. The maximum atomic E-state index is 11.6. The van der Waals surface area contributed by atoms with Crippen LogP contribution in [0.4, 0.5) is 0 Å². The number of ether oxygens (including phenoxy) is 2. The fourth-order valence-corrected chi connectivity index (χ4v) is 1.93. The van der Waals surface area contributed by atoms with Crippen molar-refractivity contribution in [3.05, 3.63) is 0 Å². The fourth-order valence-electron chi connectivity index (χ4n) is 1.93. The first-order valence-corrected chi connectivity index (χ1v) is 8.72. The van der Waals surface area contributed by atoms with Gasteiger partial charge in [-0.2, -0.15) is 0 Å². The number of carbonyl (C=O) groups is 4. The number of carbonyl (C=O) groups excluding carboxylic acids is 4. The topological polar surface area (TPSA) is 191 Å². The molecule has 10 nitrogen and oxygen atoms in total. The quantitative estimate of drug-likeness (QED) is 0.102. The van der Waals surface area contributed by atoms with Crippen LogP contribution in [0.3, 0.4) is 0 Å². The molecule has 0 aromatic heterocycles. The molecule has 0 fully saturated rings. The van der Waals surface area contributed by atoms with Crippen LogP contribution >= 0.6 is 0 Å². The predicted molar refractivity (Wildman–Crippen MR) is 95.4 cm³/mol. The van der Waals surface area contributed by atoms with Gasteiger partial charge >= 0.3 is 61.6 Å². The molecule has 2 atom stereocenters. The first-order valence-electron chi connectivity index (χ1n) is 8.72. The molecule has 0 saturated carbocycles. The summed E-state index contributed by atoms with van der Waals surface area (Å²) in [6.45, 7) is 0.969. The Morgan fingerprint density at radius 1 is 0.679 bits per heavy atom. The van der Waals surface area contributed by atoms with Gasteiger partial charge < -0.3 is 35.3 Å². The molecule has 28 heavy (non-hydrogen) atoms. The van der Waals surface area contributed by atoms with Crippen molar-refractivity contribution in [3.63, 3.8) is 0 Å². The van der Waals surface area contributed by atoms with E-state index in [2.05, 4.69) is 9.47 Å². The summed E-state index contributed by atoms with van der Waals surface area (Å²) in [5.74, 6) is -3.56. The van der Waals surface area contributed by atoms with Crippen LogP contribution in [-0.4, -0.2) is 49.1 Å². The minimum absolute atomic E-state index is 0. The number of esters is 4. The number of hydrogen-bond acceptors (Lipinski definition) is 10. The summed E-state index contributed by atoms with van der Waals surface area (Å²) in [4.78, 5) is 46.3. The average Bonchev–Trinajstić information content (AvgIpc) is 2.60. The number of hydrogen-bond donors (Lipinski definition) is 4. The zero-order chi connectivity index (χ0) is 19.9. The molecule has 154 valence electrons. The van der Waals surface area contributed by atoms with Crippen molar-refractivity contribution in [1.29, 1.82) is 0 Å². The molecule has 0 spiro atoms. The summed E-state index contributed by atoms with van der Waals surface area (Å²) < 4.78 is 9.10. The molecule has 0 bridgehead atoms. The van der Waals surface area contributed by atoms with Crippen molar-refractivity contribution < 1.29 is 69.2 Å². The summed E-state index contributed by atoms with van der Waals surface area (Å²) in [6, 6.07) is -1.85. The van der Waals surface area contributed by atoms with Gasteiger partial charge in [-0.05, 0) is 38.8 Å². The van der Waals surface area contributed by atoms with E-state index < -0.39 is 48.8 Å². The summed E-state index contributed by atoms with van der Waals surface area (Å²) in [6.07, 6.45) is 2.59. The van der Waals surface area contributed by atoms with Crippen LogP contribution in [-0.2, 0) is 28.7 Å². The van der Waals surface area contributed by atoms with E-state index in [1.165, 1.54) is 0 Å². The molecule has 0 aliphatic heterocycles. The molecule has 0 aliphatic carbocycles. The Hall–Kier alpha value is -0.685. The third-order valence-electron chi connectivity index (χ3n) is 3.51. The standard InChI is InChI=1S/C16H30N4O6.2Li.2H/c17-9-3-1-5-11(19)15(23)25-13(21)7-8-14(22)26-16(24)12(20)6-2-4-10-18;;;;/h11-12H,1-10,17-20H2;;;;/q;2*+1;2*-1/t11-,12-;;;;/m0..../s1. The third kappa shape index (κ3) is 16.3. The number of nitrogens with two attached hydrogens (primary N) is 4. The summed E-state index contributed by atoms with van der Waals surface area (Å²) in [7, 11) is 0. The average molecular weight is 390 g/mol. The molecule has 0 radical (unpaired) electrons. The molecule has 0 rings (SSSR count). The van der Waals surface area contributed by atoms with Crippen molar-refractivity contribution in [1.82, 2.24) is 0 Å². The first-order chi connectivity index (χ1) is 12.3. The van der Waals surface area contributed by atoms with Gasteiger partial charge in [-0.3, -0.25) is 9.59 Å². The van der Waals surface area contributed by atoms with Crippen molar-refractivity contribution in [3.8, 4) is 0 Å². The first kappa shape index (κ1) is 32.0. The van der Waals surface area contributed by atoms with E-state index >= 15 is 0 Å². The van der Waals surface area contributed by atoms with E-state index in [9.17, 15) is 19.2 Å². The van der Waals surface area contributed by atoms with Gasteiger partial charge in [-0.25, -0.2) is 9.59 Å². The monoisotopic (exact) mass is 390 g/mol.